The molecule has 2 aliphatic rings. The summed E-state index contributed by atoms with van der Waals surface area (Å²) in [6, 6.07) is -0.479. The van der Waals surface area contributed by atoms with Gasteiger partial charge in [-0.3, -0.25) is 9.69 Å². The van der Waals surface area contributed by atoms with E-state index in [1.54, 1.807) is 0 Å². The van der Waals surface area contributed by atoms with Gasteiger partial charge in [-0.15, -0.1) is 0 Å². The van der Waals surface area contributed by atoms with Gasteiger partial charge < -0.3 is 5.32 Å². The maximum atomic E-state index is 11.4. The Balaban J connectivity index is 2.08. The average Bonchev–Trinajstić information content (AvgIpc) is 2.15. The highest BCUT2D eigenvalue weighted by atomic mass is 16.2. The largest absolute Gasteiger partial charge is 0.326 e. The number of carbonyl (C=O) groups excluding carboxylic acids is 2. The predicted molar refractivity (Wildman–Crippen MR) is 42.4 cm³/mol. The van der Waals surface area contributed by atoms with Gasteiger partial charge in [-0.2, -0.15) is 0 Å². The summed E-state index contributed by atoms with van der Waals surface area (Å²) in [6.07, 6.45) is 3.34. The Morgan fingerprint density at radius 1 is 1.42 bits per heavy atom. The number of nitrogens with zero attached hydrogens (tertiary/aromatic N) is 1. The fourth-order valence-corrected chi connectivity index (χ4v) is 1.69. The molecule has 4 nitrogen and oxygen atoms in total. The van der Waals surface area contributed by atoms with Crippen molar-refractivity contribution in [2.24, 2.45) is 5.92 Å². The molecule has 2 rings (SSSR count). The number of hydrogen-bond donors (Lipinski definition) is 1. The van der Waals surface area contributed by atoms with Crippen molar-refractivity contribution in [2.45, 2.75) is 25.3 Å². The Hall–Kier alpha value is -1.06. The molecule has 1 aliphatic carbocycles. The lowest BCUT2D eigenvalue weighted by Gasteiger charge is -2.29. The minimum Gasteiger partial charge on any atom is -0.326 e. The molecule has 0 radical (unpaired) electrons. The summed E-state index contributed by atoms with van der Waals surface area (Å²) in [4.78, 5) is 23.6. The first kappa shape index (κ1) is 7.58. The summed E-state index contributed by atoms with van der Waals surface area (Å²) in [6.45, 7) is 0. The molecular weight excluding hydrogens is 156 g/mol. The number of urea groups is 1. The van der Waals surface area contributed by atoms with E-state index in [0.717, 1.165) is 12.8 Å². The first-order valence-electron chi connectivity index (χ1n) is 4.28. The summed E-state index contributed by atoms with van der Waals surface area (Å²) in [5, 5.41) is 2.69. The number of hydrogen-bond acceptors (Lipinski definition) is 2. The summed E-state index contributed by atoms with van der Waals surface area (Å²) in [7, 11) is 1.52. The standard InChI is InChI=1S/C8H12N2O2/c1-10-7(11)6(9-8(10)12)5-3-2-4-5/h5-6H,2-4H2,1H3,(H,9,12). The van der Waals surface area contributed by atoms with Crippen LogP contribution in [0.4, 0.5) is 4.79 Å². The average molecular weight is 168 g/mol. The Morgan fingerprint density at radius 2 is 2.08 bits per heavy atom. The van der Waals surface area contributed by atoms with Crippen molar-refractivity contribution < 1.29 is 9.59 Å². The minimum atomic E-state index is -0.253. The molecule has 1 unspecified atom stereocenters. The maximum Gasteiger partial charge on any atom is 0.324 e. The van der Waals surface area contributed by atoms with Crippen LogP contribution in [0.1, 0.15) is 19.3 Å². The highest BCUT2D eigenvalue weighted by Crippen LogP contribution is 2.31. The number of likely N-dealkylation sites (N-methyl/N-ethyl adjacent to an activating group) is 1. The normalized spacial score (nSPS) is 30.4. The van der Waals surface area contributed by atoms with Crippen LogP contribution in [0.15, 0.2) is 0 Å². The van der Waals surface area contributed by atoms with Gasteiger partial charge in [0.1, 0.15) is 6.04 Å². The van der Waals surface area contributed by atoms with Crippen molar-refractivity contribution in [3.05, 3.63) is 0 Å². The molecule has 0 aromatic carbocycles. The summed E-state index contributed by atoms with van der Waals surface area (Å²) in [5.74, 6) is 0.330. The topological polar surface area (TPSA) is 49.4 Å². The second kappa shape index (κ2) is 2.47. The zero-order valence-corrected chi connectivity index (χ0v) is 7.04. The molecule has 12 heavy (non-hydrogen) atoms. The van der Waals surface area contributed by atoms with Crippen LogP contribution in [0.3, 0.4) is 0 Å². The molecule has 1 N–H and O–H groups in total. The van der Waals surface area contributed by atoms with Gasteiger partial charge in [0.2, 0.25) is 0 Å². The smallest absolute Gasteiger partial charge is 0.324 e. The van der Waals surface area contributed by atoms with E-state index in [2.05, 4.69) is 5.32 Å². The zero-order chi connectivity index (χ0) is 8.72. The van der Waals surface area contributed by atoms with Crippen LogP contribution in [0.25, 0.3) is 0 Å². The Bertz CT molecular complexity index is 235. The third-order valence-electron chi connectivity index (χ3n) is 2.80. The first-order chi connectivity index (χ1) is 5.70. The van der Waals surface area contributed by atoms with Gasteiger partial charge in [-0.25, -0.2) is 4.79 Å². The van der Waals surface area contributed by atoms with E-state index in [9.17, 15) is 9.59 Å². The van der Waals surface area contributed by atoms with Gasteiger partial charge in [0.25, 0.3) is 5.91 Å². The predicted octanol–water partition coefficient (Wildman–Crippen LogP) is 0.337. The molecule has 1 heterocycles. The van der Waals surface area contributed by atoms with Crippen molar-refractivity contribution in [1.82, 2.24) is 10.2 Å². The van der Waals surface area contributed by atoms with E-state index in [1.165, 1.54) is 18.4 Å². The lowest BCUT2D eigenvalue weighted by atomic mass is 9.80. The van der Waals surface area contributed by atoms with Gasteiger partial charge in [-0.1, -0.05) is 6.42 Å². The zero-order valence-electron chi connectivity index (χ0n) is 7.04. The number of amides is 3. The van der Waals surface area contributed by atoms with Crippen molar-refractivity contribution in [1.29, 1.82) is 0 Å². The third-order valence-corrected chi connectivity index (χ3v) is 2.80. The highest BCUT2D eigenvalue weighted by Gasteiger charge is 2.42. The molecule has 2 fully saturated rings. The van der Waals surface area contributed by atoms with Crippen molar-refractivity contribution in [3.63, 3.8) is 0 Å². The number of rotatable bonds is 1. The molecule has 0 aromatic heterocycles. The Kier molecular flexibility index (Phi) is 1.56. The van der Waals surface area contributed by atoms with Crippen LogP contribution in [0.2, 0.25) is 0 Å². The molecule has 66 valence electrons. The molecule has 1 saturated carbocycles. The maximum absolute atomic E-state index is 11.4. The van der Waals surface area contributed by atoms with Gasteiger partial charge in [-0.05, 0) is 18.8 Å². The molecule has 0 spiro atoms. The first-order valence-corrected chi connectivity index (χ1v) is 4.28. The van der Waals surface area contributed by atoms with Crippen LogP contribution in [0, 0.1) is 5.92 Å². The monoisotopic (exact) mass is 168 g/mol. The van der Waals surface area contributed by atoms with Crippen LogP contribution >= 0.6 is 0 Å². The second-order valence-electron chi connectivity index (χ2n) is 3.52. The fourth-order valence-electron chi connectivity index (χ4n) is 1.69. The molecule has 0 aromatic rings. The lowest BCUT2D eigenvalue weighted by molar-refractivity contribution is -0.128. The van der Waals surface area contributed by atoms with Crippen LogP contribution in [0.5, 0.6) is 0 Å². The fraction of sp³-hybridized carbons (Fsp3) is 0.750. The van der Waals surface area contributed by atoms with E-state index in [4.69, 9.17) is 0 Å². The van der Waals surface area contributed by atoms with E-state index < -0.39 is 0 Å². The Morgan fingerprint density at radius 3 is 2.42 bits per heavy atom. The number of imide groups is 1. The molecule has 0 bridgehead atoms. The molecule has 1 atom stereocenters. The van der Waals surface area contributed by atoms with Gasteiger partial charge >= 0.3 is 6.03 Å². The van der Waals surface area contributed by atoms with Crippen molar-refractivity contribution in [2.75, 3.05) is 7.05 Å². The minimum absolute atomic E-state index is 0.0651. The second-order valence-corrected chi connectivity index (χ2v) is 3.52. The Labute approximate surface area is 70.9 Å². The van der Waals surface area contributed by atoms with E-state index in [0.29, 0.717) is 5.92 Å². The molecule has 1 aliphatic heterocycles. The summed E-state index contributed by atoms with van der Waals surface area (Å²) >= 11 is 0. The van der Waals surface area contributed by atoms with E-state index in [1.807, 2.05) is 0 Å². The SMILES string of the molecule is CN1C(=O)NC(C2CCC2)C1=O. The van der Waals surface area contributed by atoms with Gasteiger partial charge in [0, 0.05) is 7.05 Å². The van der Waals surface area contributed by atoms with Gasteiger partial charge in [0.15, 0.2) is 0 Å². The highest BCUT2D eigenvalue weighted by molar-refractivity contribution is 6.04. The van der Waals surface area contributed by atoms with Gasteiger partial charge in [0.05, 0.1) is 0 Å². The molecule has 1 saturated heterocycles. The summed E-state index contributed by atoms with van der Waals surface area (Å²) in [5.41, 5.74) is 0. The van der Waals surface area contributed by atoms with Crippen LogP contribution < -0.4 is 5.32 Å². The number of carbonyl (C=O) groups is 2. The molecule has 3 amide bonds. The lowest BCUT2D eigenvalue weighted by Crippen LogP contribution is -2.40. The molecular formula is C8H12N2O2. The van der Waals surface area contributed by atoms with Crippen molar-refractivity contribution >= 4 is 11.9 Å². The molecule has 4 heteroatoms. The third kappa shape index (κ3) is 0.906. The van der Waals surface area contributed by atoms with Crippen molar-refractivity contribution in [3.8, 4) is 0 Å². The van der Waals surface area contributed by atoms with E-state index >= 15 is 0 Å². The van der Waals surface area contributed by atoms with Crippen LogP contribution in [-0.4, -0.2) is 29.9 Å². The van der Waals surface area contributed by atoms with E-state index in [-0.39, 0.29) is 18.0 Å². The van der Waals surface area contributed by atoms with Crippen LogP contribution in [-0.2, 0) is 4.79 Å². The quantitative estimate of drug-likeness (QED) is 0.574. The number of nitrogens with one attached hydrogen (secondary N) is 1. The summed E-state index contributed by atoms with van der Waals surface area (Å²) < 4.78 is 0.